The van der Waals surface area contributed by atoms with E-state index >= 15 is 0 Å². The van der Waals surface area contributed by atoms with Crippen LogP contribution in [0.5, 0.6) is 0 Å². The van der Waals surface area contributed by atoms with Crippen LogP contribution in [0.15, 0.2) is 48.5 Å². The first-order chi connectivity index (χ1) is 10.0. The molecule has 0 heterocycles. The van der Waals surface area contributed by atoms with Gasteiger partial charge in [-0.2, -0.15) is 0 Å². The monoisotopic (exact) mass is 283 g/mol. The third-order valence-corrected chi connectivity index (χ3v) is 3.08. The average Bonchev–Trinajstić information content (AvgIpc) is 2.43. The molecule has 0 fully saturated rings. The van der Waals surface area contributed by atoms with Gasteiger partial charge >= 0.3 is 5.97 Å². The summed E-state index contributed by atoms with van der Waals surface area (Å²) in [5.41, 5.74) is 3.49. The van der Waals surface area contributed by atoms with Crippen molar-refractivity contribution in [3.63, 3.8) is 0 Å². The van der Waals surface area contributed by atoms with Gasteiger partial charge in [-0.05, 0) is 30.2 Å². The highest BCUT2D eigenvalue weighted by Gasteiger charge is 2.05. The van der Waals surface area contributed by atoms with E-state index in [2.05, 4.69) is 5.32 Å². The van der Waals surface area contributed by atoms with E-state index in [1.807, 2.05) is 31.2 Å². The quantitative estimate of drug-likeness (QED) is 0.886. The van der Waals surface area contributed by atoms with Gasteiger partial charge in [-0.25, -0.2) is 0 Å². The number of nitrogens with one attached hydrogen (secondary N) is 1. The van der Waals surface area contributed by atoms with Gasteiger partial charge in [-0.3, -0.25) is 9.59 Å². The minimum Gasteiger partial charge on any atom is -0.481 e. The lowest BCUT2D eigenvalue weighted by atomic mass is 10.1. The minimum absolute atomic E-state index is 0.0163. The predicted molar refractivity (Wildman–Crippen MR) is 81.3 cm³/mol. The molecule has 2 N–H and O–H groups in total. The third kappa shape index (κ3) is 4.76. The second-order valence-electron chi connectivity index (χ2n) is 4.98. The molecule has 0 saturated heterocycles. The molecule has 0 aliphatic heterocycles. The maximum Gasteiger partial charge on any atom is 0.307 e. The summed E-state index contributed by atoms with van der Waals surface area (Å²) in [6.45, 7) is 2.00. The van der Waals surface area contributed by atoms with Gasteiger partial charge in [0.05, 0.1) is 12.8 Å². The second-order valence-corrected chi connectivity index (χ2v) is 4.98. The van der Waals surface area contributed by atoms with Crippen LogP contribution in [0, 0.1) is 6.92 Å². The Kier molecular flexibility index (Phi) is 4.72. The number of carboxylic acid groups (broad SMARTS) is 1. The number of hydrogen-bond donors (Lipinski definition) is 2. The van der Waals surface area contributed by atoms with Crippen molar-refractivity contribution in [3.8, 4) is 0 Å². The van der Waals surface area contributed by atoms with Gasteiger partial charge in [0, 0.05) is 5.69 Å². The van der Waals surface area contributed by atoms with E-state index in [4.69, 9.17) is 5.11 Å². The summed E-state index contributed by atoms with van der Waals surface area (Å²) < 4.78 is 0. The molecule has 4 heteroatoms. The Morgan fingerprint density at radius 2 is 1.43 bits per heavy atom. The molecular weight excluding hydrogens is 266 g/mol. The normalized spacial score (nSPS) is 10.1. The number of amides is 1. The summed E-state index contributed by atoms with van der Waals surface area (Å²) in [7, 11) is 0. The van der Waals surface area contributed by atoms with Crippen LogP contribution < -0.4 is 5.32 Å². The van der Waals surface area contributed by atoms with E-state index in [1.165, 1.54) is 0 Å². The number of rotatable bonds is 5. The number of benzene rings is 2. The van der Waals surface area contributed by atoms with Crippen molar-refractivity contribution in [2.45, 2.75) is 19.8 Å². The Bertz CT molecular complexity index is 630. The van der Waals surface area contributed by atoms with Crippen molar-refractivity contribution in [2.75, 3.05) is 5.32 Å². The zero-order valence-corrected chi connectivity index (χ0v) is 11.8. The van der Waals surface area contributed by atoms with E-state index in [0.29, 0.717) is 17.7 Å². The highest BCUT2D eigenvalue weighted by Crippen LogP contribution is 2.11. The zero-order valence-electron chi connectivity index (χ0n) is 11.8. The Morgan fingerprint density at radius 1 is 0.905 bits per heavy atom. The molecule has 0 spiro atoms. The summed E-state index contributed by atoms with van der Waals surface area (Å²) >= 11 is 0. The van der Waals surface area contributed by atoms with Crippen molar-refractivity contribution >= 4 is 17.6 Å². The lowest BCUT2D eigenvalue weighted by molar-refractivity contribution is -0.136. The van der Waals surface area contributed by atoms with Crippen LogP contribution in [0.4, 0.5) is 5.69 Å². The van der Waals surface area contributed by atoms with Crippen LogP contribution in [0.3, 0.4) is 0 Å². The Morgan fingerprint density at radius 3 is 2.00 bits per heavy atom. The first kappa shape index (κ1) is 14.8. The molecular formula is C17H17NO3. The SMILES string of the molecule is Cc1ccc(CC(=O)Nc2ccc(CC(=O)O)cc2)cc1. The van der Waals surface area contributed by atoms with Gasteiger partial charge in [0.2, 0.25) is 5.91 Å². The van der Waals surface area contributed by atoms with Crippen molar-refractivity contribution in [2.24, 2.45) is 0 Å². The van der Waals surface area contributed by atoms with Crippen molar-refractivity contribution in [1.82, 2.24) is 0 Å². The van der Waals surface area contributed by atoms with Crippen LogP contribution in [0.25, 0.3) is 0 Å². The molecule has 0 unspecified atom stereocenters. The summed E-state index contributed by atoms with van der Waals surface area (Å²) in [6, 6.07) is 14.7. The van der Waals surface area contributed by atoms with Gasteiger partial charge in [0.15, 0.2) is 0 Å². The summed E-state index contributed by atoms with van der Waals surface area (Å²) in [6.07, 6.45) is 0.300. The maximum atomic E-state index is 11.9. The smallest absolute Gasteiger partial charge is 0.307 e. The first-order valence-corrected chi connectivity index (χ1v) is 6.69. The summed E-state index contributed by atoms with van der Waals surface area (Å²) in [4.78, 5) is 22.5. The second kappa shape index (κ2) is 6.70. The molecule has 21 heavy (non-hydrogen) atoms. The third-order valence-electron chi connectivity index (χ3n) is 3.08. The van der Waals surface area contributed by atoms with Crippen molar-refractivity contribution in [1.29, 1.82) is 0 Å². The Hall–Kier alpha value is -2.62. The summed E-state index contributed by atoms with van der Waals surface area (Å²) in [5, 5.41) is 11.5. The van der Waals surface area contributed by atoms with Gasteiger partial charge in [0.25, 0.3) is 0 Å². The van der Waals surface area contributed by atoms with E-state index in [-0.39, 0.29) is 12.3 Å². The van der Waals surface area contributed by atoms with Crippen LogP contribution in [-0.4, -0.2) is 17.0 Å². The fourth-order valence-electron chi connectivity index (χ4n) is 1.98. The van der Waals surface area contributed by atoms with Crippen LogP contribution in [0.2, 0.25) is 0 Å². The van der Waals surface area contributed by atoms with E-state index in [9.17, 15) is 9.59 Å². The molecule has 2 aromatic rings. The number of carboxylic acids is 1. The average molecular weight is 283 g/mol. The van der Waals surface area contributed by atoms with E-state index in [0.717, 1.165) is 11.1 Å². The molecule has 0 atom stereocenters. The fourth-order valence-corrected chi connectivity index (χ4v) is 1.98. The number of aryl methyl sites for hydroxylation is 1. The first-order valence-electron chi connectivity index (χ1n) is 6.69. The predicted octanol–water partition coefficient (Wildman–Crippen LogP) is 2.80. The number of anilines is 1. The standard InChI is InChI=1S/C17H17NO3/c1-12-2-4-13(5-3-12)10-16(19)18-15-8-6-14(7-9-15)11-17(20)21/h2-9H,10-11H2,1H3,(H,18,19)(H,20,21). The molecule has 108 valence electrons. The lowest BCUT2D eigenvalue weighted by Gasteiger charge is -2.06. The van der Waals surface area contributed by atoms with Crippen molar-refractivity contribution in [3.05, 3.63) is 65.2 Å². The molecule has 2 aromatic carbocycles. The molecule has 0 radical (unpaired) electrons. The van der Waals surface area contributed by atoms with E-state index < -0.39 is 5.97 Å². The van der Waals surface area contributed by atoms with Gasteiger partial charge < -0.3 is 10.4 Å². The van der Waals surface area contributed by atoms with Crippen molar-refractivity contribution < 1.29 is 14.7 Å². The zero-order chi connectivity index (χ0) is 15.2. The Balaban J connectivity index is 1.93. The number of aliphatic carboxylic acids is 1. The van der Waals surface area contributed by atoms with Gasteiger partial charge in [0.1, 0.15) is 0 Å². The number of carbonyl (C=O) groups is 2. The van der Waals surface area contributed by atoms with Crippen LogP contribution >= 0.6 is 0 Å². The molecule has 2 rings (SSSR count). The number of carbonyl (C=O) groups excluding carboxylic acids is 1. The van der Waals surface area contributed by atoms with Crippen LogP contribution in [-0.2, 0) is 22.4 Å². The fraction of sp³-hybridized carbons (Fsp3) is 0.176. The minimum atomic E-state index is -0.869. The van der Waals surface area contributed by atoms with Crippen LogP contribution in [0.1, 0.15) is 16.7 Å². The number of hydrogen-bond acceptors (Lipinski definition) is 2. The highest BCUT2D eigenvalue weighted by molar-refractivity contribution is 5.92. The molecule has 4 nitrogen and oxygen atoms in total. The molecule has 0 bridgehead atoms. The molecule has 0 aliphatic carbocycles. The highest BCUT2D eigenvalue weighted by atomic mass is 16.4. The van der Waals surface area contributed by atoms with Gasteiger partial charge in [-0.15, -0.1) is 0 Å². The topological polar surface area (TPSA) is 66.4 Å². The molecule has 1 amide bonds. The van der Waals surface area contributed by atoms with E-state index in [1.54, 1.807) is 24.3 Å². The largest absolute Gasteiger partial charge is 0.481 e. The molecule has 0 aliphatic rings. The molecule has 0 saturated carbocycles. The lowest BCUT2D eigenvalue weighted by Crippen LogP contribution is -2.14. The Labute approximate surface area is 123 Å². The molecule has 0 aromatic heterocycles. The summed E-state index contributed by atoms with van der Waals surface area (Å²) in [5.74, 6) is -0.962. The van der Waals surface area contributed by atoms with Gasteiger partial charge in [-0.1, -0.05) is 42.0 Å². The maximum absolute atomic E-state index is 11.9.